The van der Waals surface area contributed by atoms with E-state index in [4.69, 9.17) is 0 Å². The van der Waals surface area contributed by atoms with Gasteiger partial charge in [0.25, 0.3) is 5.91 Å². The fourth-order valence-electron chi connectivity index (χ4n) is 2.33. The molecule has 1 aliphatic rings. The number of amides is 1. The molecular weight excluding hydrogens is 228 g/mol. The molecule has 0 radical (unpaired) electrons. The Morgan fingerprint density at radius 2 is 2.06 bits per heavy atom. The Balaban J connectivity index is 1.90. The van der Waals surface area contributed by atoms with Gasteiger partial charge in [0.2, 0.25) is 0 Å². The van der Waals surface area contributed by atoms with Gasteiger partial charge in [-0.3, -0.25) is 9.89 Å². The van der Waals surface area contributed by atoms with Crippen molar-refractivity contribution in [3.8, 4) is 0 Å². The summed E-state index contributed by atoms with van der Waals surface area (Å²) in [7, 11) is 2.08. The highest BCUT2D eigenvalue weighted by atomic mass is 16.2. The van der Waals surface area contributed by atoms with Crippen LogP contribution >= 0.6 is 0 Å². The first-order valence-electron chi connectivity index (χ1n) is 6.15. The van der Waals surface area contributed by atoms with Crippen LogP contribution in [0.5, 0.6) is 0 Å². The molecule has 1 saturated heterocycles. The van der Waals surface area contributed by atoms with Crippen molar-refractivity contribution in [3.63, 3.8) is 0 Å². The van der Waals surface area contributed by atoms with Crippen molar-refractivity contribution in [1.29, 1.82) is 0 Å². The van der Waals surface area contributed by atoms with Gasteiger partial charge in [-0.05, 0) is 19.2 Å². The van der Waals surface area contributed by atoms with Gasteiger partial charge in [-0.2, -0.15) is 5.10 Å². The normalized spacial score (nSPS) is 17.3. The van der Waals surface area contributed by atoms with Crippen molar-refractivity contribution in [3.05, 3.63) is 30.0 Å². The van der Waals surface area contributed by atoms with Crippen molar-refractivity contribution in [1.82, 2.24) is 20.0 Å². The minimum atomic E-state index is 0.107. The number of hydrogen-bond donors (Lipinski definition) is 1. The highest BCUT2D eigenvalue weighted by Crippen LogP contribution is 2.18. The fourth-order valence-corrected chi connectivity index (χ4v) is 2.33. The highest BCUT2D eigenvalue weighted by molar-refractivity contribution is 6.06. The highest BCUT2D eigenvalue weighted by Gasteiger charge is 2.21. The Hall–Kier alpha value is -1.88. The molecule has 5 nitrogen and oxygen atoms in total. The molecule has 0 spiro atoms. The topological polar surface area (TPSA) is 52.2 Å². The van der Waals surface area contributed by atoms with Crippen LogP contribution in [0.25, 0.3) is 10.9 Å². The first kappa shape index (κ1) is 11.2. The molecule has 1 aromatic heterocycles. The number of benzene rings is 1. The third kappa shape index (κ3) is 1.86. The molecule has 2 heterocycles. The number of piperazine rings is 1. The van der Waals surface area contributed by atoms with E-state index in [1.54, 1.807) is 6.20 Å². The number of aromatic amines is 1. The SMILES string of the molecule is CN1CCN(C(=O)c2cccc3[nH]ncc23)CC1. The predicted octanol–water partition coefficient (Wildman–Crippen LogP) is 0.950. The predicted molar refractivity (Wildman–Crippen MR) is 69.5 cm³/mol. The van der Waals surface area contributed by atoms with Gasteiger partial charge >= 0.3 is 0 Å². The maximum Gasteiger partial charge on any atom is 0.254 e. The van der Waals surface area contributed by atoms with Crippen molar-refractivity contribution < 1.29 is 4.79 Å². The van der Waals surface area contributed by atoms with E-state index in [2.05, 4.69) is 22.1 Å². The van der Waals surface area contributed by atoms with Crippen LogP contribution in [0.15, 0.2) is 24.4 Å². The van der Waals surface area contributed by atoms with E-state index in [0.717, 1.165) is 42.6 Å². The summed E-state index contributed by atoms with van der Waals surface area (Å²) in [6.45, 7) is 3.47. The van der Waals surface area contributed by atoms with Gasteiger partial charge in [0, 0.05) is 31.6 Å². The number of carbonyl (C=O) groups excluding carboxylic acids is 1. The summed E-state index contributed by atoms with van der Waals surface area (Å²) in [5.41, 5.74) is 1.65. The fraction of sp³-hybridized carbons (Fsp3) is 0.385. The third-order valence-electron chi connectivity index (χ3n) is 3.51. The lowest BCUT2D eigenvalue weighted by molar-refractivity contribution is 0.0666. The first-order chi connectivity index (χ1) is 8.75. The van der Waals surface area contributed by atoms with Crippen LogP contribution < -0.4 is 0 Å². The van der Waals surface area contributed by atoms with Crippen molar-refractivity contribution >= 4 is 16.8 Å². The Morgan fingerprint density at radius 3 is 2.83 bits per heavy atom. The summed E-state index contributed by atoms with van der Waals surface area (Å²) in [4.78, 5) is 16.6. The van der Waals surface area contributed by atoms with Gasteiger partial charge in [0.15, 0.2) is 0 Å². The first-order valence-corrected chi connectivity index (χ1v) is 6.15. The van der Waals surface area contributed by atoms with Gasteiger partial charge < -0.3 is 9.80 Å². The van der Waals surface area contributed by atoms with Crippen LogP contribution in [-0.2, 0) is 0 Å². The van der Waals surface area contributed by atoms with Crippen LogP contribution in [0.4, 0.5) is 0 Å². The number of carbonyl (C=O) groups is 1. The molecular formula is C13H16N4O. The quantitative estimate of drug-likeness (QED) is 0.812. The molecule has 18 heavy (non-hydrogen) atoms. The summed E-state index contributed by atoms with van der Waals surface area (Å²) < 4.78 is 0. The van der Waals surface area contributed by atoms with E-state index in [1.165, 1.54) is 0 Å². The summed E-state index contributed by atoms with van der Waals surface area (Å²) >= 11 is 0. The molecule has 1 aliphatic heterocycles. The van der Waals surface area contributed by atoms with Crippen molar-refractivity contribution in [2.24, 2.45) is 0 Å². The maximum atomic E-state index is 12.5. The van der Waals surface area contributed by atoms with Gasteiger partial charge in [-0.15, -0.1) is 0 Å². The number of nitrogens with zero attached hydrogens (tertiary/aromatic N) is 3. The molecule has 0 atom stereocenters. The van der Waals surface area contributed by atoms with Gasteiger partial charge in [-0.25, -0.2) is 0 Å². The molecule has 0 unspecified atom stereocenters. The molecule has 2 aromatic rings. The van der Waals surface area contributed by atoms with Crippen LogP contribution in [-0.4, -0.2) is 59.1 Å². The van der Waals surface area contributed by atoms with Gasteiger partial charge in [0.1, 0.15) is 0 Å². The second kappa shape index (κ2) is 4.42. The molecule has 0 bridgehead atoms. The lowest BCUT2D eigenvalue weighted by Crippen LogP contribution is -2.47. The molecule has 3 rings (SSSR count). The van der Waals surface area contributed by atoms with Crippen LogP contribution in [0.3, 0.4) is 0 Å². The number of hydrogen-bond acceptors (Lipinski definition) is 3. The number of fused-ring (bicyclic) bond motifs is 1. The molecule has 0 saturated carbocycles. The minimum absolute atomic E-state index is 0.107. The Bertz CT molecular complexity index is 569. The summed E-state index contributed by atoms with van der Waals surface area (Å²) in [5, 5.41) is 7.80. The van der Waals surface area contributed by atoms with Crippen molar-refractivity contribution in [2.45, 2.75) is 0 Å². The van der Waals surface area contributed by atoms with Crippen LogP contribution in [0, 0.1) is 0 Å². The van der Waals surface area contributed by atoms with E-state index in [9.17, 15) is 4.79 Å². The Morgan fingerprint density at radius 1 is 1.28 bits per heavy atom. The van der Waals surface area contributed by atoms with Gasteiger partial charge in [-0.1, -0.05) is 6.07 Å². The number of nitrogens with one attached hydrogen (secondary N) is 1. The minimum Gasteiger partial charge on any atom is -0.336 e. The number of likely N-dealkylation sites (N-methyl/N-ethyl adjacent to an activating group) is 1. The summed E-state index contributed by atoms with van der Waals surface area (Å²) in [5.74, 6) is 0.107. The van der Waals surface area contributed by atoms with Crippen LogP contribution in [0.1, 0.15) is 10.4 Å². The largest absolute Gasteiger partial charge is 0.336 e. The zero-order valence-electron chi connectivity index (χ0n) is 10.4. The van der Waals surface area contributed by atoms with Gasteiger partial charge in [0.05, 0.1) is 17.3 Å². The number of H-pyrrole nitrogens is 1. The molecule has 1 N–H and O–H groups in total. The molecule has 94 valence electrons. The second-order valence-electron chi connectivity index (χ2n) is 4.73. The molecule has 5 heteroatoms. The Kier molecular flexibility index (Phi) is 2.76. The number of rotatable bonds is 1. The average Bonchev–Trinajstić information content (AvgIpc) is 2.87. The van der Waals surface area contributed by atoms with E-state index >= 15 is 0 Å². The zero-order chi connectivity index (χ0) is 12.5. The molecule has 0 aliphatic carbocycles. The van der Waals surface area contributed by atoms with E-state index in [-0.39, 0.29) is 5.91 Å². The third-order valence-corrected chi connectivity index (χ3v) is 3.51. The lowest BCUT2D eigenvalue weighted by atomic mass is 10.1. The summed E-state index contributed by atoms with van der Waals surface area (Å²) in [6.07, 6.45) is 1.72. The number of aromatic nitrogens is 2. The molecule has 1 aromatic carbocycles. The van der Waals surface area contributed by atoms with E-state index in [1.807, 2.05) is 23.1 Å². The average molecular weight is 244 g/mol. The van der Waals surface area contributed by atoms with Crippen molar-refractivity contribution in [2.75, 3.05) is 33.2 Å². The zero-order valence-corrected chi connectivity index (χ0v) is 10.4. The lowest BCUT2D eigenvalue weighted by Gasteiger charge is -2.32. The summed E-state index contributed by atoms with van der Waals surface area (Å²) in [6, 6.07) is 5.70. The smallest absolute Gasteiger partial charge is 0.254 e. The molecule has 1 fully saturated rings. The maximum absolute atomic E-state index is 12.5. The van der Waals surface area contributed by atoms with E-state index < -0.39 is 0 Å². The Labute approximate surface area is 105 Å². The second-order valence-corrected chi connectivity index (χ2v) is 4.73. The van der Waals surface area contributed by atoms with E-state index in [0.29, 0.717) is 0 Å². The monoisotopic (exact) mass is 244 g/mol. The van der Waals surface area contributed by atoms with Crippen LogP contribution in [0.2, 0.25) is 0 Å². The molecule has 1 amide bonds. The standard InChI is InChI=1S/C13H16N4O/c1-16-5-7-17(8-6-16)13(18)10-3-2-4-12-11(10)9-14-15-12/h2-4,9H,5-8H2,1H3,(H,14,15).